The Morgan fingerprint density at radius 1 is 0.967 bits per heavy atom. The van der Waals surface area contributed by atoms with Crippen LogP contribution in [0.15, 0.2) is 42.5 Å². The first kappa shape index (κ1) is 23.1. The molecule has 0 saturated carbocycles. The Bertz CT molecular complexity index is 857. The smallest absolute Gasteiger partial charge is 0.408 e. The summed E-state index contributed by atoms with van der Waals surface area (Å²) < 4.78 is 10.7. The number of carbonyl (C=O) groups is 2. The molecule has 7 heteroatoms. The first-order chi connectivity index (χ1) is 14.2. The molecular weight excluding hydrogens is 386 g/mol. The van der Waals surface area contributed by atoms with Crippen molar-refractivity contribution in [3.05, 3.63) is 48.0 Å². The number of amides is 1. The van der Waals surface area contributed by atoms with Gasteiger partial charge in [-0.3, -0.25) is 4.90 Å². The van der Waals surface area contributed by atoms with E-state index < -0.39 is 18.1 Å². The third-order valence-corrected chi connectivity index (χ3v) is 4.85. The minimum absolute atomic E-state index is 0.0688. The van der Waals surface area contributed by atoms with Crippen LogP contribution in [0.1, 0.15) is 25.8 Å². The van der Waals surface area contributed by atoms with E-state index in [4.69, 9.17) is 9.47 Å². The SMILES string of the molecule is COc1cc(OC)cc(-c2cccc(CCN(C(=O)O)C(CC(C)C)C(=O)O)c2)c1. The van der Waals surface area contributed by atoms with Crippen LogP contribution in [0.25, 0.3) is 11.1 Å². The third kappa shape index (κ3) is 6.14. The van der Waals surface area contributed by atoms with Crippen molar-refractivity contribution in [2.45, 2.75) is 32.7 Å². The summed E-state index contributed by atoms with van der Waals surface area (Å²) in [4.78, 5) is 24.4. The van der Waals surface area contributed by atoms with Crippen LogP contribution in [-0.2, 0) is 11.2 Å². The number of hydrogen-bond acceptors (Lipinski definition) is 4. The average molecular weight is 415 g/mol. The van der Waals surface area contributed by atoms with Gasteiger partial charge in [0.05, 0.1) is 14.2 Å². The first-order valence-corrected chi connectivity index (χ1v) is 9.80. The Kier molecular flexibility index (Phi) is 8.09. The second-order valence-electron chi connectivity index (χ2n) is 7.51. The van der Waals surface area contributed by atoms with Crippen molar-refractivity contribution in [2.24, 2.45) is 5.92 Å². The predicted molar refractivity (Wildman–Crippen MR) is 114 cm³/mol. The van der Waals surface area contributed by atoms with E-state index in [1.807, 2.05) is 50.2 Å². The zero-order valence-corrected chi connectivity index (χ0v) is 17.8. The quantitative estimate of drug-likeness (QED) is 0.597. The van der Waals surface area contributed by atoms with E-state index in [1.54, 1.807) is 20.3 Å². The Balaban J connectivity index is 2.23. The summed E-state index contributed by atoms with van der Waals surface area (Å²) in [7, 11) is 3.18. The fourth-order valence-corrected chi connectivity index (χ4v) is 3.32. The number of nitrogens with zero attached hydrogens (tertiary/aromatic N) is 1. The molecule has 162 valence electrons. The third-order valence-electron chi connectivity index (χ3n) is 4.85. The molecule has 0 spiro atoms. The number of benzene rings is 2. The molecule has 7 nitrogen and oxygen atoms in total. The average Bonchev–Trinajstić information content (AvgIpc) is 2.72. The van der Waals surface area contributed by atoms with Gasteiger partial charge in [-0.25, -0.2) is 9.59 Å². The molecule has 2 aromatic rings. The summed E-state index contributed by atoms with van der Waals surface area (Å²) in [6, 6.07) is 12.2. The molecule has 30 heavy (non-hydrogen) atoms. The number of aliphatic carboxylic acids is 1. The highest BCUT2D eigenvalue weighted by Crippen LogP contribution is 2.30. The van der Waals surface area contributed by atoms with E-state index in [1.165, 1.54) is 0 Å². The fraction of sp³-hybridized carbons (Fsp3) is 0.391. The van der Waals surface area contributed by atoms with Crippen molar-refractivity contribution in [2.75, 3.05) is 20.8 Å². The molecule has 1 unspecified atom stereocenters. The molecule has 1 amide bonds. The molecule has 0 aromatic heterocycles. The van der Waals surface area contributed by atoms with Gasteiger partial charge < -0.3 is 19.7 Å². The Morgan fingerprint density at radius 2 is 1.60 bits per heavy atom. The van der Waals surface area contributed by atoms with Gasteiger partial charge in [-0.15, -0.1) is 0 Å². The zero-order valence-electron chi connectivity index (χ0n) is 17.8. The topological polar surface area (TPSA) is 96.3 Å². The zero-order chi connectivity index (χ0) is 22.3. The van der Waals surface area contributed by atoms with E-state index in [9.17, 15) is 19.8 Å². The maximum absolute atomic E-state index is 11.7. The Morgan fingerprint density at radius 3 is 2.10 bits per heavy atom. The van der Waals surface area contributed by atoms with Gasteiger partial charge in [0, 0.05) is 12.6 Å². The lowest BCUT2D eigenvalue weighted by Crippen LogP contribution is -2.46. The standard InChI is InChI=1S/C23H29NO6/c1-15(2)10-21(22(25)26)24(23(27)28)9-8-16-6-5-7-17(11-16)18-12-19(29-3)14-20(13-18)30-4/h5-7,11-15,21H,8-10H2,1-4H3,(H,25,26)(H,27,28). The van der Waals surface area contributed by atoms with Crippen LogP contribution in [0.3, 0.4) is 0 Å². The van der Waals surface area contributed by atoms with E-state index in [0.717, 1.165) is 21.6 Å². The van der Waals surface area contributed by atoms with E-state index in [2.05, 4.69) is 0 Å². The highest BCUT2D eigenvalue weighted by Gasteiger charge is 2.29. The van der Waals surface area contributed by atoms with Crippen LogP contribution < -0.4 is 9.47 Å². The number of hydrogen-bond donors (Lipinski definition) is 2. The molecule has 0 bridgehead atoms. The minimum Gasteiger partial charge on any atom is -0.497 e. The van der Waals surface area contributed by atoms with Crippen LogP contribution in [0.2, 0.25) is 0 Å². The molecule has 0 fully saturated rings. The number of ether oxygens (including phenoxy) is 2. The Labute approximate surface area is 176 Å². The number of carboxylic acid groups (broad SMARTS) is 2. The van der Waals surface area contributed by atoms with Crippen molar-refractivity contribution in [3.63, 3.8) is 0 Å². The van der Waals surface area contributed by atoms with Crippen LogP contribution in [-0.4, -0.2) is 54.0 Å². The van der Waals surface area contributed by atoms with E-state index in [0.29, 0.717) is 17.9 Å². The monoisotopic (exact) mass is 415 g/mol. The Hall–Kier alpha value is -3.22. The molecule has 0 aliphatic heterocycles. The van der Waals surface area contributed by atoms with Gasteiger partial charge in [-0.1, -0.05) is 38.1 Å². The predicted octanol–water partition coefficient (Wildman–Crippen LogP) is 4.39. The molecule has 0 heterocycles. The van der Waals surface area contributed by atoms with Crippen LogP contribution in [0, 0.1) is 5.92 Å². The van der Waals surface area contributed by atoms with Gasteiger partial charge in [-0.2, -0.15) is 0 Å². The highest BCUT2D eigenvalue weighted by molar-refractivity contribution is 5.79. The maximum atomic E-state index is 11.7. The normalized spacial score (nSPS) is 11.8. The molecule has 2 aromatic carbocycles. The first-order valence-electron chi connectivity index (χ1n) is 9.80. The summed E-state index contributed by atoms with van der Waals surface area (Å²) in [5.41, 5.74) is 2.75. The number of methoxy groups -OCH3 is 2. The van der Waals surface area contributed by atoms with Crippen molar-refractivity contribution in [1.82, 2.24) is 4.90 Å². The molecule has 0 saturated heterocycles. The molecule has 1 atom stereocenters. The lowest BCUT2D eigenvalue weighted by molar-refractivity contribution is -0.143. The summed E-state index contributed by atoms with van der Waals surface area (Å²) in [6.07, 6.45) is -0.550. The number of rotatable bonds is 10. The molecule has 0 aliphatic carbocycles. The van der Waals surface area contributed by atoms with Crippen LogP contribution in [0.4, 0.5) is 4.79 Å². The van der Waals surface area contributed by atoms with Gasteiger partial charge in [0.1, 0.15) is 17.5 Å². The second kappa shape index (κ2) is 10.5. The van der Waals surface area contributed by atoms with Crippen molar-refractivity contribution in [1.29, 1.82) is 0 Å². The molecule has 0 radical (unpaired) electrons. The summed E-state index contributed by atoms with van der Waals surface area (Å²) in [5, 5.41) is 19.1. The highest BCUT2D eigenvalue weighted by atomic mass is 16.5. The second-order valence-corrected chi connectivity index (χ2v) is 7.51. The lowest BCUT2D eigenvalue weighted by atomic mass is 10.00. The maximum Gasteiger partial charge on any atom is 0.408 e. The van der Waals surface area contributed by atoms with Gasteiger partial charge in [0.2, 0.25) is 0 Å². The summed E-state index contributed by atoms with van der Waals surface area (Å²) in [5.74, 6) is 0.289. The molecule has 2 N–H and O–H groups in total. The van der Waals surface area contributed by atoms with Crippen molar-refractivity contribution in [3.8, 4) is 22.6 Å². The van der Waals surface area contributed by atoms with E-state index in [-0.39, 0.29) is 18.9 Å². The molecular formula is C23H29NO6. The molecule has 0 aliphatic rings. The van der Waals surface area contributed by atoms with Crippen LogP contribution in [0.5, 0.6) is 11.5 Å². The van der Waals surface area contributed by atoms with E-state index >= 15 is 0 Å². The van der Waals surface area contributed by atoms with Crippen molar-refractivity contribution < 1.29 is 29.3 Å². The largest absolute Gasteiger partial charge is 0.497 e. The van der Waals surface area contributed by atoms with Crippen LogP contribution >= 0.6 is 0 Å². The van der Waals surface area contributed by atoms with Gasteiger partial charge in [-0.05, 0) is 47.6 Å². The minimum atomic E-state index is -1.23. The molecule has 2 rings (SSSR count). The summed E-state index contributed by atoms with van der Waals surface area (Å²) in [6.45, 7) is 3.85. The summed E-state index contributed by atoms with van der Waals surface area (Å²) >= 11 is 0. The van der Waals surface area contributed by atoms with Gasteiger partial charge in [0.25, 0.3) is 0 Å². The lowest BCUT2D eigenvalue weighted by Gasteiger charge is -2.27. The fourth-order valence-electron chi connectivity index (χ4n) is 3.32. The van der Waals surface area contributed by atoms with Gasteiger partial charge in [0.15, 0.2) is 0 Å². The number of carboxylic acids is 1. The van der Waals surface area contributed by atoms with Crippen molar-refractivity contribution >= 4 is 12.1 Å². The van der Waals surface area contributed by atoms with Gasteiger partial charge >= 0.3 is 12.1 Å².